The van der Waals surface area contributed by atoms with Crippen molar-refractivity contribution in [1.82, 2.24) is 0 Å². The van der Waals surface area contributed by atoms with Crippen LogP contribution in [0.4, 0.5) is 5.69 Å². The van der Waals surface area contributed by atoms with Gasteiger partial charge in [0.05, 0.1) is 12.7 Å². The van der Waals surface area contributed by atoms with Crippen LogP contribution < -0.4 is 10.1 Å². The smallest absolute Gasteiger partial charge is 0.338 e. The maximum atomic E-state index is 12.2. The molecule has 0 saturated heterocycles. The Morgan fingerprint density at radius 1 is 1.00 bits per heavy atom. The molecule has 0 unspecified atom stereocenters. The van der Waals surface area contributed by atoms with Crippen molar-refractivity contribution >= 4 is 17.6 Å². The normalized spacial score (nSPS) is 11.7. The average molecular weight is 341 g/mol. The van der Waals surface area contributed by atoms with Gasteiger partial charge < -0.3 is 14.8 Å². The molecule has 0 saturated carbocycles. The first-order valence-corrected chi connectivity index (χ1v) is 8.16. The molecule has 0 spiro atoms. The first kappa shape index (κ1) is 18.5. The van der Waals surface area contributed by atoms with Gasteiger partial charge in [-0.2, -0.15) is 0 Å². The number of nitrogens with one attached hydrogen (secondary N) is 1. The van der Waals surface area contributed by atoms with Gasteiger partial charge in [-0.1, -0.05) is 32.0 Å². The molecular formula is C20H23NO4. The lowest BCUT2D eigenvalue weighted by Crippen LogP contribution is -2.30. The number of esters is 1. The number of carbonyl (C=O) groups excluding carboxylic acids is 2. The molecule has 0 aromatic heterocycles. The molecule has 2 rings (SSSR count). The summed E-state index contributed by atoms with van der Waals surface area (Å²) in [6, 6.07) is 14.2. The highest BCUT2D eigenvalue weighted by Gasteiger charge is 2.19. The number of ether oxygens (including phenoxy) is 2. The van der Waals surface area contributed by atoms with Crippen LogP contribution >= 0.6 is 0 Å². The Hall–Kier alpha value is -2.82. The van der Waals surface area contributed by atoms with Gasteiger partial charge in [0.15, 0.2) is 6.10 Å². The summed E-state index contributed by atoms with van der Waals surface area (Å²) < 4.78 is 10.4. The molecule has 1 amide bonds. The maximum absolute atomic E-state index is 12.2. The summed E-state index contributed by atoms with van der Waals surface area (Å²) in [5, 5.41) is 2.70. The fourth-order valence-corrected chi connectivity index (χ4v) is 2.23. The third-order valence-electron chi connectivity index (χ3n) is 3.80. The van der Waals surface area contributed by atoms with Crippen LogP contribution in [0.25, 0.3) is 0 Å². The van der Waals surface area contributed by atoms with Crippen molar-refractivity contribution < 1.29 is 19.1 Å². The van der Waals surface area contributed by atoms with Crippen LogP contribution in [0.2, 0.25) is 0 Å². The molecule has 0 aliphatic rings. The molecule has 0 aliphatic heterocycles. The number of hydrogen-bond donors (Lipinski definition) is 1. The van der Waals surface area contributed by atoms with E-state index in [0.717, 1.165) is 5.56 Å². The van der Waals surface area contributed by atoms with Crippen molar-refractivity contribution in [3.8, 4) is 5.75 Å². The van der Waals surface area contributed by atoms with Gasteiger partial charge >= 0.3 is 5.97 Å². The summed E-state index contributed by atoms with van der Waals surface area (Å²) in [5.41, 5.74) is 2.14. The van der Waals surface area contributed by atoms with Crippen LogP contribution in [-0.4, -0.2) is 25.1 Å². The molecule has 132 valence electrons. The van der Waals surface area contributed by atoms with Crippen LogP contribution in [0.15, 0.2) is 48.5 Å². The van der Waals surface area contributed by atoms with E-state index < -0.39 is 18.0 Å². The molecule has 25 heavy (non-hydrogen) atoms. The number of anilines is 1. The van der Waals surface area contributed by atoms with E-state index in [9.17, 15) is 9.59 Å². The Kier molecular flexibility index (Phi) is 6.17. The lowest BCUT2D eigenvalue weighted by atomic mass is 10.0. The second-order valence-electron chi connectivity index (χ2n) is 6.05. The third kappa shape index (κ3) is 5.08. The van der Waals surface area contributed by atoms with Gasteiger partial charge in [-0.3, -0.25) is 4.79 Å². The van der Waals surface area contributed by atoms with Crippen molar-refractivity contribution in [3.05, 3.63) is 59.7 Å². The zero-order valence-corrected chi connectivity index (χ0v) is 14.9. The van der Waals surface area contributed by atoms with E-state index in [2.05, 4.69) is 19.2 Å². The highest BCUT2D eigenvalue weighted by atomic mass is 16.5. The van der Waals surface area contributed by atoms with Crippen molar-refractivity contribution in [3.63, 3.8) is 0 Å². The maximum Gasteiger partial charge on any atom is 0.338 e. The lowest BCUT2D eigenvalue weighted by Gasteiger charge is -2.14. The fraction of sp³-hybridized carbons (Fsp3) is 0.300. The molecule has 1 atom stereocenters. The SMILES string of the molecule is COc1cccc(NC(=O)[C@@H](C)OC(=O)c2ccc(C(C)C)cc2)c1. The summed E-state index contributed by atoms with van der Waals surface area (Å²) in [5.74, 6) is 0.0920. The molecule has 5 nitrogen and oxygen atoms in total. The van der Waals surface area contributed by atoms with Crippen LogP contribution in [-0.2, 0) is 9.53 Å². The van der Waals surface area contributed by atoms with Gasteiger partial charge in [0, 0.05) is 11.8 Å². The minimum Gasteiger partial charge on any atom is -0.497 e. The molecule has 0 heterocycles. The van der Waals surface area contributed by atoms with Crippen molar-refractivity contribution in [2.45, 2.75) is 32.8 Å². The standard InChI is InChI=1S/C20H23NO4/c1-13(2)15-8-10-16(11-9-15)20(23)25-14(3)19(22)21-17-6-5-7-18(12-17)24-4/h5-14H,1-4H3,(H,21,22)/t14-/m1/s1. The second kappa shape index (κ2) is 8.33. The molecule has 0 radical (unpaired) electrons. The topological polar surface area (TPSA) is 64.6 Å². The van der Waals surface area contributed by atoms with Gasteiger partial charge in [-0.05, 0) is 42.7 Å². The summed E-state index contributed by atoms with van der Waals surface area (Å²) >= 11 is 0. The first-order valence-electron chi connectivity index (χ1n) is 8.16. The molecule has 2 aromatic rings. The van der Waals surface area contributed by atoms with Crippen LogP contribution in [0.3, 0.4) is 0 Å². The third-order valence-corrected chi connectivity index (χ3v) is 3.80. The highest BCUT2D eigenvalue weighted by molar-refractivity contribution is 5.97. The van der Waals surface area contributed by atoms with E-state index in [0.29, 0.717) is 22.9 Å². The van der Waals surface area contributed by atoms with Crippen molar-refractivity contribution in [2.75, 3.05) is 12.4 Å². The van der Waals surface area contributed by atoms with Crippen molar-refractivity contribution in [1.29, 1.82) is 0 Å². The van der Waals surface area contributed by atoms with Crippen molar-refractivity contribution in [2.24, 2.45) is 0 Å². The van der Waals surface area contributed by atoms with Gasteiger partial charge in [-0.25, -0.2) is 4.79 Å². The highest BCUT2D eigenvalue weighted by Crippen LogP contribution is 2.18. The molecule has 0 aliphatic carbocycles. The number of rotatable bonds is 6. The lowest BCUT2D eigenvalue weighted by molar-refractivity contribution is -0.123. The Morgan fingerprint density at radius 2 is 1.68 bits per heavy atom. The Balaban J connectivity index is 1.96. The largest absolute Gasteiger partial charge is 0.497 e. The predicted molar refractivity (Wildman–Crippen MR) is 97.0 cm³/mol. The Morgan fingerprint density at radius 3 is 2.28 bits per heavy atom. The molecule has 5 heteroatoms. The molecule has 0 fully saturated rings. The summed E-state index contributed by atoms with van der Waals surface area (Å²) in [7, 11) is 1.55. The Labute approximate surface area is 148 Å². The average Bonchev–Trinajstić information content (AvgIpc) is 2.61. The quantitative estimate of drug-likeness (QED) is 0.807. The van der Waals surface area contributed by atoms with Crippen LogP contribution in [0, 0.1) is 0 Å². The molecule has 1 N–H and O–H groups in total. The predicted octanol–water partition coefficient (Wildman–Crippen LogP) is 4.00. The van der Waals surface area contributed by atoms with E-state index >= 15 is 0 Å². The fourth-order valence-electron chi connectivity index (χ4n) is 2.23. The number of amides is 1. The van der Waals surface area contributed by atoms with Gasteiger partial charge in [-0.15, -0.1) is 0 Å². The molecular weight excluding hydrogens is 318 g/mol. The van der Waals surface area contributed by atoms with E-state index in [1.165, 1.54) is 6.92 Å². The van der Waals surface area contributed by atoms with Gasteiger partial charge in [0.1, 0.15) is 5.75 Å². The van der Waals surface area contributed by atoms with Crippen LogP contribution in [0.1, 0.15) is 42.6 Å². The Bertz CT molecular complexity index is 738. The van der Waals surface area contributed by atoms with Gasteiger partial charge in [0.25, 0.3) is 5.91 Å². The zero-order valence-electron chi connectivity index (χ0n) is 14.9. The molecule has 2 aromatic carbocycles. The number of benzene rings is 2. The zero-order chi connectivity index (χ0) is 18.4. The van der Waals surface area contributed by atoms with E-state index in [4.69, 9.17) is 9.47 Å². The first-order chi connectivity index (χ1) is 11.9. The van der Waals surface area contributed by atoms with E-state index in [1.54, 1.807) is 43.5 Å². The van der Waals surface area contributed by atoms with E-state index in [1.807, 2.05) is 12.1 Å². The summed E-state index contributed by atoms with van der Waals surface area (Å²) in [6.45, 7) is 5.70. The number of carbonyl (C=O) groups is 2. The molecule has 0 bridgehead atoms. The summed E-state index contributed by atoms with van der Waals surface area (Å²) in [6.07, 6.45) is -0.913. The van der Waals surface area contributed by atoms with Crippen LogP contribution in [0.5, 0.6) is 5.75 Å². The number of hydrogen-bond acceptors (Lipinski definition) is 4. The summed E-state index contributed by atoms with van der Waals surface area (Å²) in [4.78, 5) is 24.4. The monoisotopic (exact) mass is 341 g/mol. The minimum absolute atomic E-state index is 0.387. The minimum atomic E-state index is -0.913. The second-order valence-corrected chi connectivity index (χ2v) is 6.05. The number of methoxy groups -OCH3 is 1. The van der Waals surface area contributed by atoms with Gasteiger partial charge in [0.2, 0.25) is 0 Å². The van der Waals surface area contributed by atoms with E-state index in [-0.39, 0.29) is 0 Å².